The number of nitriles is 1. The molecule has 2 rings (SSSR count). The number of aromatic hydroxyl groups is 1. The molecule has 2 N–H and O–H groups in total. The molecule has 0 spiro atoms. The quantitative estimate of drug-likeness (QED) is 0.876. The minimum atomic E-state index is -0.0339. The van der Waals surface area contributed by atoms with Gasteiger partial charge in [0.1, 0.15) is 17.6 Å². The molecule has 0 saturated heterocycles. The van der Waals surface area contributed by atoms with Gasteiger partial charge < -0.3 is 19.9 Å². The first-order valence-corrected chi connectivity index (χ1v) is 6.22. The lowest BCUT2D eigenvalue weighted by molar-refractivity contribution is 0.339. The molecule has 1 aromatic heterocycles. The SMILES string of the molecule is COc1cc(CNc2cccc(C#N)n2)cc(OC)c1O. The van der Waals surface area contributed by atoms with E-state index in [2.05, 4.69) is 10.3 Å². The van der Waals surface area contributed by atoms with Gasteiger partial charge >= 0.3 is 0 Å². The van der Waals surface area contributed by atoms with E-state index < -0.39 is 0 Å². The van der Waals surface area contributed by atoms with Crippen LogP contribution in [0.1, 0.15) is 11.3 Å². The van der Waals surface area contributed by atoms with Crippen LogP contribution in [0.15, 0.2) is 30.3 Å². The predicted molar refractivity (Wildman–Crippen MR) is 77.5 cm³/mol. The van der Waals surface area contributed by atoms with Gasteiger partial charge in [-0.2, -0.15) is 5.26 Å². The van der Waals surface area contributed by atoms with E-state index in [4.69, 9.17) is 14.7 Å². The first-order chi connectivity index (χ1) is 10.2. The van der Waals surface area contributed by atoms with Gasteiger partial charge in [-0.3, -0.25) is 0 Å². The molecule has 0 aliphatic rings. The van der Waals surface area contributed by atoms with E-state index >= 15 is 0 Å². The number of phenolic OH excluding ortho intramolecular Hbond substituents is 1. The third kappa shape index (κ3) is 3.34. The Hall–Kier alpha value is -2.94. The number of aromatic nitrogens is 1. The normalized spacial score (nSPS) is 9.76. The molecular formula is C15H15N3O3. The number of phenols is 1. The number of hydrogen-bond donors (Lipinski definition) is 2. The summed E-state index contributed by atoms with van der Waals surface area (Å²) >= 11 is 0. The topological polar surface area (TPSA) is 87.4 Å². The fourth-order valence-electron chi connectivity index (χ4n) is 1.84. The monoisotopic (exact) mass is 285 g/mol. The average Bonchev–Trinajstić information content (AvgIpc) is 2.54. The van der Waals surface area contributed by atoms with Crippen LogP contribution in [0.25, 0.3) is 0 Å². The molecule has 0 radical (unpaired) electrons. The highest BCUT2D eigenvalue weighted by Crippen LogP contribution is 2.37. The van der Waals surface area contributed by atoms with Crippen molar-refractivity contribution in [2.75, 3.05) is 19.5 Å². The van der Waals surface area contributed by atoms with Gasteiger partial charge in [-0.25, -0.2) is 4.98 Å². The lowest BCUT2D eigenvalue weighted by Crippen LogP contribution is -2.03. The molecule has 0 amide bonds. The molecular weight excluding hydrogens is 270 g/mol. The first kappa shape index (κ1) is 14.5. The Morgan fingerprint density at radius 3 is 2.48 bits per heavy atom. The Labute approximate surface area is 122 Å². The Kier molecular flexibility index (Phi) is 4.46. The van der Waals surface area contributed by atoms with Gasteiger partial charge in [0.2, 0.25) is 5.75 Å². The zero-order chi connectivity index (χ0) is 15.2. The van der Waals surface area contributed by atoms with Crippen molar-refractivity contribution in [2.24, 2.45) is 0 Å². The van der Waals surface area contributed by atoms with Crippen molar-refractivity contribution in [3.05, 3.63) is 41.6 Å². The number of methoxy groups -OCH3 is 2. The van der Waals surface area contributed by atoms with E-state index in [9.17, 15) is 5.11 Å². The van der Waals surface area contributed by atoms with Crippen LogP contribution in [0.5, 0.6) is 17.2 Å². The molecule has 0 aliphatic carbocycles. The van der Waals surface area contributed by atoms with E-state index in [1.807, 2.05) is 6.07 Å². The van der Waals surface area contributed by atoms with Crippen LogP contribution in [0.4, 0.5) is 5.82 Å². The number of rotatable bonds is 5. The number of anilines is 1. The Balaban J connectivity index is 2.18. The zero-order valence-corrected chi connectivity index (χ0v) is 11.8. The lowest BCUT2D eigenvalue weighted by atomic mass is 10.2. The second-order valence-corrected chi connectivity index (χ2v) is 4.22. The number of nitrogens with zero attached hydrogens (tertiary/aromatic N) is 2. The molecule has 0 atom stereocenters. The summed E-state index contributed by atoms with van der Waals surface area (Å²) in [6.07, 6.45) is 0. The van der Waals surface area contributed by atoms with Gasteiger partial charge in [-0.15, -0.1) is 0 Å². The van der Waals surface area contributed by atoms with Crippen molar-refractivity contribution >= 4 is 5.82 Å². The standard InChI is InChI=1S/C15H15N3O3/c1-20-12-6-10(7-13(21-2)15(12)19)9-17-14-5-3-4-11(8-16)18-14/h3-7,19H,9H2,1-2H3,(H,17,18). The summed E-state index contributed by atoms with van der Waals surface area (Å²) in [6.45, 7) is 0.453. The third-order valence-corrected chi connectivity index (χ3v) is 2.88. The van der Waals surface area contributed by atoms with Crippen molar-refractivity contribution in [3.8, 4) is 23.3 Å². The molecule has 0 fully saturated rings. The van der Waals surface area contributed by atoms with Crippen molar-refractivity contribution in [1.29, 1.82) is 5.26 Å². The van der Waals surface area contributed by atoms with E-state index in [0.717, 1.165) is 5.56 Å². The van der Waals surface area contributed by atoms with E-state index in [1.54, 1.807) is 30.3 Å². The molecule has 0 unspecified atom stereocenters. The number of nitrogens with one attached hydrogen (secondary N) is 1. The smallest absolute Gasteiger partial charge is 0.200 e. The molecule has 0 aliphatic heterocycles. The molecule has 108 valence electrons. The maximum Gasteiger partial charge on any atom is 0.200 e. The fraction of sp³-hybridized carbons (Fsp3) is 0.200. The second-order valence-electron chi connectivity index (χ2n) is 4.22. The Morgan fingerprint density at radius 1 is 1.24 bits per heavy atom. The molecule has 6 nitrogen and oxygen atoms in total. The zero-order valence-electron chi connectivity index (χ0n) is 11.8. The second kappa shape index (κ2) is 6.48. The van der Waals surface area contributed by atoms with Crippen LogP contribution in [0.3, 0.4) is 0 Å². The van der Waals surface area contributed by atoms with Crippen molar-refractivity contribution in [2.45, 2.75) is 6.54 Å². The van der Waals surface area contributed by atoms with Gasteiger partial charge in [0, 0.05) is 6.54 Å². The maximum absolute atomic E-state index is 9.85. The summed E-state index contributed by atoms with van der Waals surface area (Å²) in [5.41, 5.74) is 1.20. The molecule has 21 heavy (non-hydrogen) atoms. The molecule has 0 bridgehead atoms. The molecule has 0 saturated carbocycles. The highest BCUT2D eigenvalue weighted by molar-refractivity contribution is 5.53. The highest BCUT2D eigenvalue weighted by Gasteiger charge is 2.11. The van der Waals surface area contributed by atoms with Crippen molar-refractivity contribution in [3.63, 3.8) is 0 Å². The summed E-state index contributed by atoms with van der Waals surface area (Å²) in [6, 6.07) is 10.6. The van der Waals surface area contributed by atoms with E-state index in [1.165, 1.54) is 14.2 Å². The predicted octanol–water partition coefficient (Wildman–Crippen LogP) is 2.29. The third-order valence-electron chi connectivity index (χ3n) is 2.88. The van der Waals surface area contributed by atoms with E-state index in [0.29, 0.717) is 29.6 Å². The summed E-state index contributed by atoms with van der Waals surface area (Å²) in [5, 5.41) is 21.8. The van der Waals surface area contributed by atoms with Crippen LogP contribution in [0, 0.1) is 11.3 Å². The minimum absolute atomic E-state index is 0.0339. The molecule has 2 aromatic rings. The largest absolute Gasteiger partial charge is 0.502 e. The van der Waals surface area contributed by atoms with Crippen LogP contribution in [-0.4, -0.2) is 24.3 Å². The molecule has 6 heteroatoms. The van der Waals surface area contributed by atoms with Crippen LogP contribution < -0.4 is 14.8 Å². The maximum atomic E-state index is 9.85. The fourth-order valence-corrected chi connectivity index (χ4v) is 1.84. The van der Waals surface area contributed by atoms with Crippen LogP contribution in [-0.2, 0) is 6.54 Å². The summed E-state index contributed by atoms with van der Waals surface area (Å²) in [4.78, 5) is 4.12. The van der Waals surface area contributed by atoms with Gasteiger partial charge in [0.15, 0.2) is 11.5 Å². The summed E-state index contributed by atoms with van der Waals surface area (Å²) in [5.74, 6) is 1.24. The molecule has 1 heterocycles. The van der Waals surface area contributed by atoms with Crippen molar-refractivity contribution < 1.29 is 14.6 Å². The first-order valence-electron chi connectivity index (χ1n) is 6.22. The van der Waals surface area contributed by atoms with Gasteiger partial charge in [0.05, 0.1) is 14.2 Å². The molecule has 1 aromatic carbocycles. The van der Waals surface area contributed by atoms with Crippen LogP contribution in [0.2, 0.25) is 0 Å². The Bertz CT molecular complexity index is 655. The minimum Gasteiger partial charge on any atom is -0.502 e. The van der Waals surface area contributed by atoms with E-state index in [-0.39, 0.29) is 5.75 Å². The highest BCUT2D eigenvalue weighted by atomic mass is 16.5. The van der Waals surface area contributed by atoms with Gasteiger partial charge in [-0.1, -0.05) is 6.07 Å². The Morgan fingerprint density at radius 2 is 1.90 bits per heavy atom. The van der Waals surface area contributed by atoms with Crippen molar-refractivity contribution in [1.82, 2.24) is 4.98 Å². The number of pyridine rings is 1. The van der Waals surface area contributed by atoms with Crippen LogP contribution >= 0.6 is 0 Å². The number of hydrogen-bond acceptors (Lipinski definition) is 6. The summed E-state index contributed by atoms with van der Waals surface area (Å²) < 4.78 is 10.2. The lowest BCUT2D eigenvalue weighted by Gasteiger charge is -2.12. The van der Waals surface area contributed by atoms with Gasteiger partial charge in [-0.05, 0) is 29.8 Å². The summed E-state index contributed by atoms with van der Waals surface area (Å²) in [7, 11) is 2.95. The van der Waals surface area contributed by atoms with Gasteiger partial charge in [0.25, 0.3) is 0 Å². The number of benzene rings is 1. The number of ether oxygens (including phenoxy) is 2. The average molecular weight is 285 g/mol.